The summed E-state index contributed by atoms with van der Waals surface area (Å²) in [5.74, 6) is -1.65. The van der Waals surface area contributed by atoms with Gasteiger partial charge in [0, 0.05) is 6.54 Å². The fourth-order valence-electron chi connectivity index (χ4n) is 1.72. The van der Waals surface area contributed by atoms with Crippen molar-refractivity contribution in [2.45, 2.75) is 19.8 Å². The van der Waals surface area contributed by atoms with Crippen LogP contribution < -0.4 is 10.6 Å². The first-order valence-corrected chi connectivity index (χ1v) is 6.93. The molecule has 1 amide bonds. The minimum absolute atomic E-state index is 0.147. The predicted octanol–water partition coefficient (Wildman–Crippen LogP) is 3.03. The van der Waals surface area contributed by atoms with E-state index in [1.165, 1.54) is 18.5 Å². The lowest BCUT2D eigenvalue weighted by Gasteiger charge is -2.08. The summed E-state index contributed by atoms with van der Waals surface area (Å²) in [6.45, 7) is 2.59. The van der Waals surface area contributed by atoms with Gasteiger partial charge < -0.3 is 10.6 Å². The molecule has 0 spiro atoms. The van der Waals surface area contributed by atoms with Crippen LogP contribution >= 0.6 is 0 Å². The maximum Gasteiger partial charge on any atom is 0.271 e. The fraction of sp³-hybridized carbons (Fsp3) is 0.267. The number of hydrogen-bond donors (Lipinski definition) is 2. The van der Waals surface area contributed by atoms with Gasteiger partial charge in [-0.2, -0.15) is 0 Å². The van der Waals surface area contributed by atoms with Crippen molar-refractivity contribution in [3.63, 3.8) is 0 Å². The van der Waals surface area contributed by atoms with Crippen molar-refractivity contribution in [3.8, 4) is 0 Å². The van der Waals surface area contributed by atoms with Gasteiger partial charge in [0.2, 0.25) is 0 Å². The molecule has 0 fully saturated rings. The number of unbranched alkanes of at least 4 members (excludes halogenated alkanes) is 1. The van der Waals surface area contributed by atoms with E-state index in [4.69, 9.17) is 0 Å². The smallest absolute Gasteiger partial charge is 0.271 e. The zero-order valence-corrected chi connectivity index (χ0v) is 12.1. The third-order valence-corrected chi connectivity index (χ3v) is 2.92. The summed E-state index contributed by atoms with van der Waals surface area (Å²) >= 11 is 0. The van der Waals surface area contributed by atoms with Crippen molar-refractivity contribution < 1.29 is 13.6 Å². The average molecular weight is 306 g/mol. The highest BCUT2D eigenvalue weighted by atomic mass is 19.1. The van der Waals surface area contributed by atoms with Crippen molar-refractivity contribution in [2.24, 2.45) is 0 Å². The molecule has 0 aliphatic rings. The van der Waals surface area contributed by atoms with E-state index in [9.17, 15) is 13.6 Å². The Kier molecular flexibility index (Phi) is 5.35. The molecule has 5 nitrogen and oxygen atoms in total. The minimum Gasteiger partial charge on any atom is -0.351 e. The number of anilines is 2. The van der Waals surface area contributed by atoms with Crippen LogP contribution in [0.5, 0.6) is 0 Å². The Morgan fingerprint density at radius 2 is 1.91 bits per heavy atom. The van der Waals surface area contributed by atoms with Crippen LogP contribution in [0.1, 0.15) is 30.3 Å². The monoisotopic (exact) mass is 306 g/mol. The molecule has 0 saturated carbocycles. The van der Waals surface area contributed by atoms with Crippen LogP contribution in [-0.2, 0) is 0 Å². The number of carbonyl (C=O) groups excluding carboxylic acids is 1. The van der Waals surface area contributed by atoms with Crippen LogP contribution in [0, 0.1) is 11.6 Å². The van der Waals surface area contributed by atoms with Gasteiger partial charge in [-0.05, 0) is 18.6 Å². The average Bonchev–Trinajstić information content (AvgIpc) is 2.52. The lowest BCUT2D eigenvalue weighted by molar-refractivity contribution is 0.0948. The van der Waals surface area contributed by atoms with Gasteiger partial charge in [-0.15, -0.1) is 0 Å². The molecule has 7 heteroatoms. The summed E-state index contributed by atoms with van der Waals surface area (Å²) in [5.41, 5.74) is -0.160. The van der Waals surface area contributed by atoms with E-state index in [-0.39, 0.29) is 23.1 Å². The van der Waals surface area contributed by atoms with Crippen LogP contribution in [-0.4, -0.2) is 22.4 Å². The molecular weight excluding hydrogens is 290 g/mol. The normalized spacial score (nSPS) is 10.3. The summed E-state index contributed by atoms with van der Waals surface area (Å²) in [6.07, 6.45) is 4.36. The second kappa shape index (κ2) is 7.44. The Balaban J connectivity index is 2.04. The van der Waals surface area contributed by atoms with E-state index in [2.05, 4.69) is 20.6 Å². The maximum absolute atomic E-state index is 13.5. The van der Waals surface area contributed by atoms with E-state index in [1.54, 1.807) is 0 Å². The largest absolute Gasteiger partial charge is 0.351 e. The number of nitrogens with one attached hydrogen (secondary N) is 2. The molecule has 116 valence electrons. The number of nitrogens with zero attached hydrogens (tertiary/aromatic N) is 2. The third kappa shape index (κ3) is 3.97. The molecule has 2 N–H and O–H groups in total. The van der Waals surface area contributed by atoms with Gasteiger partial charge in [0.05, 0.1) is 12.4 Å². The molecule has 0 unspecified atom stereocenters. The Labute approximate surface area is 126 Å². The molecule has 22 heavy (non-hydrogen) atoms. The molecule has 2 rings (SSSR count). The molecular formula is C15H16F2N4O. The number of rotatable bonds is 6. The van der Waals surface area contributed by atoms with Crippen LogP contribution in [0.2, 0.25) is 0 Å². The van der Waals surface area contributed by atoms with Gasteiger partial charge in [0.15, 0.2) is 0 Å². The molecule has 1 heterocycles. The molecule has 0 aliphatic heterocycles. The quantitative estimate of drug-likeness (QED) is 0.805. The summed E-state index contributed by atoms with van der Waals surface area (Å²) < 4.78 is 27.0. The second-order valence-corrected chi connectivity index (χ2v) is 4.62. The van der Waals surface area contributed by atoms with Gasteiger partial charge in [-0.1, -0.05) is 19.4 Å². The van der Waals surface area contributed by atoms with Gasteiger partial charge in [0.1, 0.15) is 28.8 Å². The van der Waals surface area contributed by atoms with Crippen molar-refractivity contribution in [3.05, 3.63) is 47.9 Å². The first-order valence-electron chi connectivity index (χ1n) is 6.93. The van der Waals surface area contributed by atoms with E-state index in [0.29, 0.717) is 6.54 Å². The van der Waals surface area contributed by atoms with Gasteiger partial charge in [-0.3, -0.25) is 4.79 Å². The SMILES string of the molecule is CCCCNC(=O)c1cnc(Nc2c(F)cccc2F)cn1. The lowest BCUT2D eigenvalue weighted by atomic mass is 10.3. The zero-order chi connectivity index (χ0) is 15.9. The van der Waals surface area contributed by atoms with Crippen LogP contribution in [0.25, 0.3) is 0 Å². The molecule has 0 aliphatic carbocycles. The summed E-state index contributed by atoms with van der Waals surface area (Å²) in [6, 6.07) is 3.54. The molecule has 0 bridgehead atoms. The number of benzene rings is 1. The van der Waals surface area contributed by atoms with Crippen LogP contribution in [0.15, 0.2) is 30.6 Å². The number of hydrogen-bond acceptors (Lipinski definition) is 4. The molecule has 1 aromatic carbocycles. The van der Waals surface area contributed by atoms with E-state index in [0.717, 1.165) is 25.0 Å². The standard InChI is InChI=1S/C15H16F2N4O/c1-2-3-7-18-15(22)12-8-20-13(9-19-12)21-14-10(16)5-4-6-11(14)17/h4-6,8-9H,2-3,7H2,1H3,(H,18,22)(H,20,21). The number of amides is 1. The Morgan fingerprint density at radius 3 is 2.50 bits per heavy atom. The second-order valence-electron chi connectivity index (χ2n) is 4.62. The number of para-hydroxylation sites is 1. The first-order chi connectivity index (χ1) is 10.6. The Morgan fingerprint density at radius 1 is 1.18 bits per heavy atom. The van der Waals surface area contributed by atoms with Gasteiger partial charge in [0.25, 0.3) is 5.91 Å². The third-order valence-electron chi connectivity index (χ3n) is 2.92. The van der Waals surface area contributed by atoms with Crippen molar-refractivity contribution in [1.82, 2.24) is 15.3 Å². The van der Waals surface area contributed by atoms with Crippen molar-refractivity contribution in [1.29, 1.82) is 0 Å². The molecule has 1 aromatic heterocycles. The Hall–Kier alpha value is -2.57. The number of aromatic nitrogens is 2. The highest BCUT2D eigenvalue weighted by Crippen LogP contribution is 2.21. The molecule has 2 aromatic rings. The highest BCUT2D eigenvalue weighted by Gasteiger charge is 2.11. The van der Waals surface area contributed by atoms with Crippen molar-refractivity contribution in [2.75, 3.05) is 11.9 Å². The van der Waals surface area contributed by atoms with Crippen LogP contribution in [0.4, 0.5) is 20.3 Å². The summed E-state index contributed by atoms with van der Waals surface area (Å²) in [4.78, 5) is 19.6. The summed E-state index contributed by atoms with van der Waals surface area (Å²) in [7, 11) is 0. The maximum atomic E-state index is 13.5. The number of carbonyl (C=O) groups is 1. The van der Waals surface area contributed by atoms with Crippen molar-refractivity contribution >= 4 is 17.4 Å². The van der Waals surface area contributed by atoms with Gasteiger partial charge in [-0.25, -0.2) is 18.7 Å². The first kappa shape index (κ1) is 15.8. The topological polar surface area (TPSA) is 66.9 Å². The lowest BCUT2D eigenvalue weighted by Crippen LogP contribution is -2.25. The Bertz CT molecular complexity index is 626. The number of halogens is 2. The molecule has 0 saturated heterocycles. The van der Waals surface area contributed by atoms with Gasteiger partial charge >= 0.3 is 0 Å². The van der Waals surface area contributed by atoms with E-state index >= 15 is 0 Å². The van der Waals surface area contributed by atoms with E-state index in [1.807, 2.05) is 6.92 Å². The fourth-order valence-corrected chi connectivity index (χ4v) is 1.72. The van der Waals surface area contributed by atoms with Crippen LogP contribution in [0.3, 0.4) is 0 Å². The molecule has 0 radical (unpaired) electrons. The van der Waals surface area contributed by atoms with E-state index < -0.39 is 11.6 Å². The highest BCUT2D eigenvalue weighted by molar-refractivity contribution is 5.92. The summed E-state index contributed by atoms with van der Waals surface area (Å²) in [5, 5.41) is 5.21. The zero-order valence-electron chi connectivity index (χ0n) is 12.1. The predicted molar refractivity (Wildman–Crippen MR) is 78.9 cm³/mol. The molecule has 0 atom stereocenters. The minimum atomic E-state index is -0.733.